The minimum absolute atomic E-state index is 0.00310. The zero-order valence-electron chi connectivity index (χ0n) is 26.0. The lowest BCUT2D eigenvalue weighted by Crippen LogP contribution is -2.39. The maximum absolute atomic E-state index is 14.1. The summed E-state index contributed by atoms with van der Waals surface area (Å²) in [5.41, 5.74) is 3.29. The van der Waals surface area contributed by atoms with E-state index in [1.807, 2.05) is 62.4 Å². The fourth-order valence-electron chi connectivity index (χ4n) is 5.13. The van der Waals surface area contributed by atoms with Gasteiger partial charge in [0.15, 0.2) is 16.3 Å². The Hall–Kier alpha value is -4.41. The third-order valence-corrected chi connectivity index (χ3v) is 8.93. The number of esters is 1. The number of thiazole rings is 1. The van der Waals surface area contributed by atoms with Crippen LogP contribution in [0.15, 0.2) is 81.7 Å². The van der Waals surface area contributed by atoms with Crippen LogP contribution in [0.2, 0.25) is 0 Å². The summed E-state index contributed by atoms with van der Waals surface area (Å²) in [6.45, 7) is 7.79. The Labute approximate surface area is 284 Å². The van der Waals surface area contributed by atoms with Gasteiger partial charge in [-0.25, -0.2) is 9.79 Å². The second kappa shape index (κ2) is 14.3. The Kier molecular flexibility index (Phi) is 10.3. The molecule has 1 aromatic heterocycles. The van der Waals surface area contributed by atoms with Crippen molar-refractivity contribution in [1.82, 2.24) is 4.57 Å². The normalized spacial score (nSPS) is 14.4. The molecule has 1 aliphatic heterocycles. The van der Waals surface area contributed by atoms with Gasteiger partial charge in [0.1, 0.15) is 12.4 Å². The molecule has 0 aliphatic carbocycles. The number of allylic oxidation sites excluding steroid dienone is 1. The highest BCUT2D eigenvalue weighted by atomic mass is 127. The zero-order chi connectivity index (χ0) is 33.0. The smallest absolute Gasteiger partial charge is 0.338 e. The molecule has 0 spiro atoms. The highest BCUT2D eigenvalue weighted by Crippen LogP contribution is 2.35. The van der Waals surface area contributed by atoms with Gasteiger partial charge in [0.25, 0.3) is 5.56 Å². The van der Waals surface area contributed by atoms with Gasteiger partial charge >= 0.3 is 5.97 Å². The third kappa shape index (κ3) is 6.88. The van der Waals surface area contributed by atoms with E-state index in [0.717, 1.165) is 20.3 Å². The lowest BCUT2D eigenvalue weighted by Gasteiger charge is -2.25. The van der Waals surface area contributed by atoms with Crippen LogP contribution in [0.4, 0.5) is 0 Å². The van der Waals surface area contributed by atoms with Gasteiger partial charge in [-0.05, 0) is 97.8 Å². The van der Waals surface area contributed by atoms with Gasteiger partial charge in [-0.1, -0.05) is 41.7 Å². The molecule has 3 aromatic carbocycles. The standard InChI is InChI=1S/C35H32IN3O6S/c1-6-43-34(41)30-21(4)38-35-39(31(30)23-11-13-26(14-12-23)45-20(2)3)33(40)29(46-35)17-22-15-27(36)32(28(16-22)42-5)44-19-25-10-8-7-9-24(25)18-37/h7-17,20,31H,6,19H2,1-5H3/b29-17-/t31-/m1/s1. The molecule has 0 unspecified atom stereocenters. The van der Waals surface area contributed by atoms with E-state index in [1.54, 1.807) is 43.7 Å². The van der Waals surface area contributed by atoms with Crippen molar-refractivity contribution in [2.24, 2.45) is 4.99 Å². The number of fused-ring (bicyclic) bond motifs is 1. The number of nitrogens with zero attached hydrogens (tertiary/aromatic N) is 3. The van der Waals surface area contributed by atoms with Crippen LogP contribution in [0, 0.1) is 14.9 Å². The Bertz CT molecular complexity index is 2040. The van der Waals surface area contributed by atoms with Crippen molar-refractivity contribution in [3.63, 3.8) is 0 Å². The molecule has 0 radical (unpaired) electrons. The molecule has 0 bridgehead atoms. The molecule has 5 rings (SSSR count). The van der Waals surface area contributed by atoms with Crippen molar-refractivity contribution in [2.75, 3.05) is 13.7 Å². The van der Waals surface area contributed by atoms with Crippen molar-refractivity contribution in [2.45, 2.75) is 46.4 Å². The third-order valence-electron chi connectivity index (χ3n) is 7.14. The predicted octanol–water partition coefficient (Wildman–Crippen LogP) is 5.65. The number of aromatic nitrogens is 1. The number of halogens is 1. The van der Waals surface area contributed by atoms with E-state index >= 15 is 0 Å². The largest absolute Gasteiger partial charge is 0.493 e. The summed E-state index contributed by atoms with van der Waals surface area (Å²) >= 11 is 3.41. The molecule has 1 atom stereocenters. The van der Waals surface area contributed by atoms with Crippen LogP contribution in [0.25, 0.3) is 6.08 Å². The molecule has 1 aliphatic rings. The number of hydrogen-bond acceptors (Lipinski definition) is 9. The average Bonchev–Trinajstić information content (AvgIpc) is 3.33. The van der Waals surface area contributed by atoms with Gasteiger partial charge < -0.3 is 18.9 Å². The summed E-state index contributed by atoms with van der Waals surface area (Å²) in [5, 5.41) is 9.43. The number of methoxy groups -OCH3 is 1. The van der Waals surface area contributed by atoms with E-state index in [0.29, 0.717) is 43.4 Å². The Morgan fingerprint density at radius 3 is 2.59 bits per heavy atom. The molecule has 2 heterocycles. The Balaban J connectivity index is 1.56. The van der Waals surface area contributed by atoms with Crippen LogP contribution in [-0.4, -0.2) is 30.4 Å². The van der Waals surface area contributed by atoms with Crippen LogP contribution in [0.1, 0.15) is 56.0 Å². The first-order valence-electron chi connectivity index (χ1n) is 14.6. The summed E-state index contributed by atoms with van der Waals surface area (Å²) in [7, 11) is 1.55. The summed E-state index contributed by atoms with van der Waals surface area (Å²) in [5.74, 6) is 1.20. The number of rotatable bonds is 10. The lowest BCUT2D eigenvalue weighted by atomic mass is 9.96. The van der Waals surface area contributed by atoms with Gasteiger partial charge in [-0.3, -0.25) is 9.36 Å². The molecule has 4 aromatic rings. The van der Waals surface area contributed by atoms with E-state index in [2.05, 4.69) is 33.7 Å². The Morgan fingerprint density at radius 2 is 1.91 bits per heavy atom. The Morgan fingerprint density at radius 1 is 1.17 bits per heavy atom. The average molecular weight is 750 g/mol. The fraction of sp³-hybridized carbons (Fsp3) is 0.257. The van der Waals surface area contributed by atoms with Gasteiger partial charge in [0.2, 0.25) is 0 Å². The van der Waals surface area contributed by atoms with Crippen LogP contribution in [-0.2, 0) is 16.1 Å². The number of carbonyl (C=O) groups excluding carboxylic acids is 1. The quantitative estimate of drug-likeness (QED) is 0.152. The van der Waals surface area contributed by atoms with Gasteiger partial charge in [0.05, 0.1) is 56.9 Å². The number of benzene rings is 3. The van der Waals surface area contributed by atoms with Crippen molar-refractivity contribution in [3.8, 4) is 23.3 Å². The fourth-order valence-corrected chi connectivity index (χ4v) is 6.96. The van der Waals surface area contributed by atoms with E-state index in [1.165, 1.54) is 11.3 Å². The highest BCUT2D eigenvalue weighted by molar-refractivity contribution is 14.1. The number of nitriles is 1. The second-order valence-electron chi connectivity index (χ2n) is 10.6. The van der Waals surface area contributed by atoms with Crippen molar-refractivity contribution in [1.29, 1.82) is 5.26 Å². The molecule has 11 heteroatoms. The minimum atomic E-state index is -0.729. The van der Waals surface area contributed by atoms with Crippen molar-refractivity contribution < 1.29 is 23.7 Å². The minimum Gasteiger partial charge on any atom is -0.493 e. The monoisotopic (exact) mass is 749 g/mol. The van der Waals surface area contributed by atoms with Gasteiger partial charge in [0, 0.05) is 5.56 Å². The molecule has 0 fully saturated rings. The topological polar surface area (TPSA) is 112 Å². The maximum atomic E-state index is 14.1. The van der Waals surface area contributed by atoms with Gasteiger partial charge in [-0.15, -0.1) is 0 Å². The van der Waals surface area contributed by atoms with E-state index in [-0.39, 0.29) is 24.9 Å². The first-order valence-corrected chi connectivity index (χ1v) is 16.5. The molecular formula is C35H32IN3O6S. The first-order chi connectivity index (χ1) is 22.1. The van der Waals surface area contributed by atoms with Crippen LogP contribution in [0.5, 0.6) is 17.2 Å². The molecule has 0 N–H and O–H groups in total. The number of hydrogen-bond donors (Lipinski definition) is 0. The van der Waals surface area contributed by atoms with Crippen LogP contribution < -0.4 is 29.1 Å². The van der Waals surface area contributed by atoms with Crippen molar-refractivity contribution in [3.05, 3.63) is 117 Å². The highest BCUT2D eigenvalue weighted by Gasteiger charge is 2.33. The van der Waals surface area contributed by atoms with E-state index in [4.69, 9.17) is 18.9 Å². The molecule has 0 saturated heterocycles. The molecule has 0 amide bonds. The van der Waals surface area contributed by atoms with Crippen molar-refractivity contribution >= 4 is 46.0 Å². The molecule has 46 heavy (non-hydrogen) atoms. The predicted molar refractivity (Wildman–Crippen MR) is 184 cm³/mol. The lowest BCUT2D eigenvalue weighted by molar-refractivity contribution is -0.139. The number of ether oxygens (including phenoxy) is 4. The van der Waals surface area contributed by atoms with E-state index < -0.39 is 12.0 Å². The first kappa shape index (κ1) is 33.0. The summed E-state index contributed by atoms with van der Waals surface area (Å²) in [6, 6.07) is 19.8. The van der Waals surface area contributed by atoms with Gasteiger partial charge in [-0.2, -0.15) is 5.26 Å². The molecule has 9 nitrogen and oxygen atoms in total. The summed E-state index contributed by atoms with van der Waals surface area (Å²) in [4.78, 5) is 32.4. The molecule has 0 saturated carbocycles. The van der Waals surface area contributed by atoms with Crippen LogP contribution in [0.3, 0.4) is 0 Å². The number of carbonyl (C=O) groups is 1. The van der Waals surface area contributed by atoms with E-state index in [9.17, 15) is 14.9 Å². The maximum Gasteiger partial charge on any atom is 0.338 e. The van der Waals surface area contributed by atoms with Crippen LogP contribution >= 0.6 is 33.9 Å². The molecular weight excluding hydrogens is 717 g/mol. The summed E-state index contributed by atoms with van der Waals surface area (Å²) < 4.78 is 25.8. The molecule has 236 valence electrons. The SMILES string of the molecule is CCOC(=O)C1=C(C)N=c2s/c(=C\c3cc(I)c(OCc4ccccc4C#N)c(OC)c3)c(=O)n2[C@@H]1c1ccc(OC(C)C)cc1. The summed E-state index contributed by atoms with van der Waals surface area (Å²) in [6.07, 6.45) is 1.78. The second-order valence-corrected chi connectivity index (χ2v) is 12.8. The zero-order valence-corrected chi connectivity index (χ0v) is 29.0.